The Morgan fingerprint density at radius 1 is 1.24 bits per heavy atom. The highest BCUT2D eigenvalue weighted by molar-refractivity contribution is 5.81. The van der Waals surface area contributed by atoms with Crippen LogP contribution in [0.1, 0.15) is 31.7 Å². The van der Waals surface area contributed by atoms with Gasteiger partial charge in [0.25, 0.3) is 0 Å². The molecule has 2 aromatic rings. The first-order chi connectivity index (χ1) is 10.3. The molecule has 1 aliphatic heterocycles. The topological polar surface area (TPSA) is 28.2 Å². The number of nitrogens with one attached hydrogen (secondary N) is 1. The van der Waals surface area contributed by atoms with E-state index in [1.165, 1.54) is 43.3 Å². The number of likely N-dealkylation sites (tertiary alicyclic amines) is 1. The third-order valence-corrected chi connectivity index (χ3v) is 4.54. The van der Waals surface area contributed by atoms with Gasteiger partial charge in [-0.05, 0) is 50.4 Å². The summed E-state index contributed by atoms with van der Waals surface area (Å²) in [6.45, 7) is 5.79. The van der Waals surface area contributed by atoms with Crippen LogP contribution in [0.2, 0.25) is 0 Å². The summed E-state index contributed by atoms with van der Waals surface area (Å²) in [5.41, 5.74) is 2.38. The second-order valence-corrected chi connectivity index (χ2v) is 6.25. The molecular weight excluding hydrogens is 258 g/mol. The van der Waals surface area contributed by atoms with Gasteiger partial charge in [-0.3, -0.25) is 4.90 Å². The maximum Gasteiger partial charge on any atom is 0.130 e. The molecule has 0 saturated carbocycles. The van der Waals surface area contributed by atoms with E-state index in [9.17, 15) is 0 Å². The van der Waals surface area contributed by atoms with Crippen molar-refractivity contribution < 1.29 is 0 Å². The van der Waals surface area contributed by atoms with E-state index in [0.29, 0.717) is 0 Å². The summed E-state index contributed by atoms with van der Waals surface area (Å²) in [5.74, 6) is 1.89. The molecule has 2 heterocycles. The van der Waals surface area contributed by atoms with Crippen molar-refractivity contribution in [1.29, 1.82) is 0 Å². The Kier molecular flexibility index (Phi) is 4.39. The molecule has 0 radical (unpaired) electrons. The largest absolute Gasteiger partial charge is 0.373 e. The molecule has 112 valence electrons. The van der Waals surface area contributed by atoms with E-state index in [4.69, 9.17) is 4.98 Å². The average molecular weight is 283 g/mol. The standard InChI is InChI=1S/C18H25N3/c1-14-6-5-10-21(11-9-14)13-16-12-15-7-3-4-8-17(15)20-18(16)19-2/h3-4,7-8,12,14H,5-6,9-11,13H2,1-2H3,(H,19,20). The molecule has 1 aromatic heterocycles. The molecule has 0 bridgehead atoms. The number of para-hydroxylation sites is 1. The normalized spacial score (nSPS) is 20.4. The van der Waals surface area contributed by atoms with Gasteiger partial charge in [0.05, 0.1) is 5.52 Å². The van der Waals surface area contributed by atoms with Crippen molar-refractivity contribution in [2.24, 2.45) is 5.92 Å². The highest BCUT2D eigenvalue weighted by Gasteiger charge is 2.16. The predicted octanol–water partition coefficient (Wildman–Crippen LogP) is 3.90. The third kappa shape index (κ3) is 3.35. The van der Waals surface area contributed by atoms with E-state index < -0.39 is 0 Å². The van der Waals surface area contributed by atoms with Crippen molar-refractivity contribution >= 4 is 16.7 Å². The fourth-order valence-electron chi connectivity index (χ4n) is 3.22. The minimum absolute atomic E-state index is 0.869. The second kappa shape index (κ2) is 6.44. The van der Waals surface area contributed by atoms with Crippen LogP contribution < -0.4 is 5.32 Å². The Labute approximate surface area is 127 Å². The lowest BCUT2D eigenvalue weighted by Crippen LogP contribution is -2.24. The maximum absolute atomic E-state index is 4.76. The lowest BCUT2D eigenvalue weighted by molar-refractivity contribution is 0.274. The third-order valence-electron chi connectivity index (χ3n) is 4.54. The number of benzene rings is 1. The lowest BCUT2D eigenvalue weighted by Gasteiger charge is -2.21. The molecule has 1 fully saturated rings. The fraction of sp³-hybridized carbons (Fsp3) is 0.500. The summed E-state index contributed by atoms with van der Waals surface area (Å²) in [5, 5.41) is 4.50. The Bertz CT molecular complexity index is 608. The average Bonchev–Trinajstić information content (AvgIpc) is 2.71. The quantitative estimate of drug-likeness (QED) is 0.926. The molecule has 0 amide bonds. The van der Waals surface area contributed by atoms with Crippen LogP contribution in [-0.4, -0.2) is 30.0 Å². The summed E-state index contributed by atoms with van der Waals surface area (Å²) < 4.78 is 0. The molecule has 0 spiro atoms. The van der Waals surface area contributed by atoms with Gasteiger partial charge in [-0.1, -0.05) is 25.1 Å². The number of nitrogens with zero attached hydrogens (tertiary/aromatic N) is 2. The van der Waals surface area contributed by atoms with Crippen molar-refractivity contribution in [3.8, 4) is 0 Å². The number of fused-ring (bicyclic) bond motifs is 1. The number of aromatic nitrogens is 1. The minimum Gasteiger partial charge on any atom is -0.373 e. The molecule has 1 unspecified atom stereocenters. The summed E-state index contributed by atoms with van der Waals surface area (Å²) in [7, 11) is 1.96. The van der Waals surface area contributed by atoms with Gasteiger partial charge in [-0.2, -0.15) is 0 Å². The summed E-state index contributed by atoms with van der Waals surface area (Å²) in [4.78, 5) is 7.34. The van der Waals surface area contributed by atoms with E-state index in [1.807, 2.05) is 13.1 Å². The highest BCUT2D eigenvalue weighted by atomic mass is 15.1. The van der Waals surface area contributed by atoms with Crippen molar-refractivity contribution in [2.75, 3.05) is 25.5 Å². The number of anilines is 1. The summed E-state index contributed by atoms with van der Waals surface area (Å²) >= 11 is 0. The monoisotopic (exact) mass is 283 g/mol. The molecule has 1 saturated heterocycles. The van der Waals surface area contributed by atoms with E-state index in [2.05, 4.69) is 41.4 Å². The number of hydrogen-bond donors (Lipinski definition) is 1. The zero-order valence-electron chi connectivity index (χ0n) is 13.1. The molecule has 1 aromatic carbocycles. The van der Waals surface area contributed by atoms with E-state index in [1.54, 1.807) is 0 Å². The first-order valence-corrected chi connectivity index (χ1v) is 8.05. The van der Waals surface area contributed by atoms with Crippen LogP contribution in [0, 0.1) is 5.92 Å². The van der Waals surface area contributed by atoms with Crippen LogP contribution in [0.5, 0.6) is 0 Å². The Balaban J connectivity index is 1.85. The van der Waals surface area contributed by atoms with Gasteiger partial charge in [0, 0.05) is 24.5 Å². The zero-order chi connectivity index (χ0) is 14.7. The Hall–Kier alpha value is -1.61. The first kappa shape index (κ1) is 14.3. The van der Waals surface area contributed by atoms with Gasteiger partial charge < -0.3 is 5.32 Å². The zero-order valence-corrected chi connectivity index (χ0v) is 13.1. The van der Waals surface area contributed by atoms with Crippen LogP contribution in [0.4, 0.5) is 5.82 Å². The van der Waals surface area contributed by atoms with Crippen LogP contribution >= 0.6 is 0 Å². The maximum atomic E-state index is 4.76. The van der Waals surface area contributed by atoms with Crippen molar-refractivity contribution in [3.05, 3.63) is 35.9 Å². The lowest BCUT2D eigenvalue weighted by atomic mass is 10.0. The fourth-order valence-corrected chi connectivity index (χ4v) is 3.22. The van der Waals surface area contributed by atoms with Crippen LogP contribution in [0.25, 0.3) is 10.9 Å². The molecule has 0 aliphatic carbocycles. The van der Waals surface area contributed by atoms with Gasteiger partial charge in [0.15, 0.2) is 0 Å². The summed E-state index contributed by atoms with van der Waals surface area (Å²) in [6.07, 6.45) is 4.00. The molecule has 3 nitrogen and oxygen atoms in total. The molecular formula is C18H25N3. The van der Waals surface area contributed by atoms with Gasteiger partial charge >= 0.3 is 0 Å². The first-order valence-electron chi connectivity index (χ1n) is 8.05. The Morgan fingerprint density at radius 2 is 2.10 bits per heavy atom. The Morgan fingerprint density at radius 3 is 2.95 bits per heavy atom. The van der Waals surface area contributed by atoms with Crippen LogP contribution in [-0.2, 0) is 6.54 Å². The van der Waals surface area contributed by atoms with Gasteiger partial charge in [-0.25, -0.2) is 4.98 Å². The molecule has 21 heavy (non-hydrogen) atoms. The van der Waals surface area contributed by atoms with Gasteiger partial charge in [0.2, 0.25) is 0 Å². The minimum atomic E-state index is 0.869. The van der Waals surface area contributed by atoms with Gasteiger partial charge in [-0.15, -0.1) is 0 Å². The highest BCUT2D eigenvalue weighted by Crippen LogP contribution is 2.24. The van der Waals surface area contributed by atoms with Crippen molar-refractivity contribution in [2.45, 2.75) is 32.7 Å². The number of rotatable bonds is 3. The molecule has 3 rings (SSSR count). The SMILES string of the molecule is CNc1nc2ccccc2cc1CN1CCCC(C)CC1. The molecule has 1 aliphatic rings. The van der Waals surface area contributed by atoms with Crippen LogP contribution in [0.3, 0.4) is 0 Å². The van der Waals surface area contributed by atoms with E-state index in [-0.39, 0.29) is 0 Å². The summed E-state index contributed by atoms with van der Waals surface area (Å²) in [6, 6.07) is 10.6. The van der Waals surface area contributed by atoms with Crippen molar-refractivity contribution in [1.82, 2.24) is 9.88 Å². The predicted molar refractivity (Wildman–Crippen MR) is 89.6 cm³/mol. The van der Waals surface area contributed by atoms with Crippen LogP contribution in [0.15, 0.2) is 30.3 Å². The molecule has 3 heteroatoms. The second-order valence-electron chi connectivity index (χ2n) is 6.25. The van der Waals surface area contributed by atoms with Crippen molar-refractivity contribution in [3.63, 3.8) is 0 Å². The smallest absolute Gasteiger partial charge is 0.130 e. The number of hydrogen-bond acceptors (Lipinski definition) is 3. The van der Waals surface area contributed by atoms with Gasteiger partial charge in [0.1, 0.15) is 5.82 Å². The molecule has 1 N–H and O–H groups in total. The molecule has 1 atom stereocenters. The van der Waals surface area contributed by atoms with E-state index >= 15 is 0 Å². The van der Waals surface area contributed by atoms with E-state index in [0.717, 1.165) is 23.8 Å². The number of pyridine rings is 1.